The lowest BCUT2D eigenvalue weighted by atomic mass is 10.1. The summed E-state index contributed by atoms with van der Waals surface area (Å²) in [7, 11) is 0. The molecule has 0 radical (unpaired) electrons. The van der Waals surface area contributed by atoms with Gasteiger partial charge in [-0.25, -0.2) is 15.0 Å². The number of hydrogen-bond acceptors (Lipinski definition) is 7. The van der Waals surface area contributed by atoms with Crippen LogP contribution in [-0.4, -0.2) is 26.7 Å². The number of thiophene rings is 1. The van der Waals surface area contributed by atoms with Crippen molar-refractivity contribution < 1.29 is 5.11 Å². The Labute approximate surface area is 154 Å². The number of nitrogen functional groups attached to an aromatic ring is 1. The third-order valence-electron chi connectivity index (χ3n) is 4.08. The zero-order chi connectivity index (χ0) is 17.9. The lowest BCUT2D eigenvalue weighted by Crippen LogP contribution is -2.15. The van der Waals surface area contributed by atoms with Crippen molar-refractivity contribution in [3.8, 4) is 10.4 Å². The smallest absolute Gasteiger partial charge is 0.148 e. The van der Waals surface area contributed by atoms with Crippen LogP contribution in [0.3, 0.4) is 0 Å². The molecule has 4 rings (SSSR count). The number of benzene rings is 1. The van der Waals surface area contributed by atoms with Gasteiger partial charge in [-0.2, -0.15) is 0 Å². The molecule has 0 fully saturated rings. The zero-order valence-electron chi connectivity index (χ0n) is 13.8. The molecule has 0 saturated carbocycles. The number of hydrogen-bond donors (Lipinski definition) is 3. The predicted octanol–water partition coefficient (Wildman–Crippen LogP) is 3.48. The Kier molecular flexibility index (Phi) is 4.47. The molecule has 0 saturated heterocycles. The van der Waals surface area contributed by atoms with E-state index in [2.05, 4.69) is 20.3 Å². The number of aliphatic hydroxyl groups excluding tert-OH is 1. The molecule has 1 atom stereocenters. The Balaban J connectivity index is 1.70. The highest BCUT2D eigenvalue weighted by atomic mass is 32.1. The van der Waals surface area contributed by atoms with Crippen LogP contribution in [0.15, 0.2) is 61.1 Å². The average Bonchev–Trinajstić information content (AvgIpc) is 3.12. The number of aliphatic hydroxyl groups is 1. The Morgan fingerprint density at radius 1 is 1.08 bits per heavy atom. The molecule has 0 aliphatic rings. The van der Waals surface area contributed by atoms with Gasteiger partial charge < -0.3 is 16.2 Å². The summed E-state index contributed by atoms with van der Waals surface area (Å²) in [5, 5.41) is 13.1. The van der Waals surface area contributed by atoms with E-state index in [1.807, 2.05) is 42.5 Å². The second-order valence-electron chi connectivity index (χ2n) is 5.81. The van der Waals surface area contributed by atoms with E-state index in [0.717, 1.165) is 26.2 Å². The van der Waals surface area contributed by atoms with Crippen LogP contribution < -0.4 is 11.1 Å². The van der Waals surface area contributed by atoms with Crippen molar-refractivity contribution in [3.63, 3.8) is 0 Å². The standard InChI is InChI=1S/C19H17N5OS/c20-17-7-6-13(9-21-17)16-8-14-18(26-16)19(23-11-22-14)24-15(10-25)12-4-2-1-3-5-12/h1-9,11,15,25H,10H2,(H2,20,21)(H,22,23,24)/t15-/m1/s1. The molecule has 6 nitrogen and oxygen atoms in total. The van der Waals surface area contributed by atoms with Crippen molar-refractivity contribution in [1.29, 1.82) is 0 Å². The van der Waals surface area contributed by atoms with Crippen LogP contribution >= 0.6 is 11.3 Å². The number of aromatic nitrogens is 3. The summed E-state index contributed by atoms with van der Waals surface area (Å²) in [6.07, 6.45) is 3.28. The highest BCUT2D eigenvalue weighted by molar-refractivity contribution is 7.22. The molecule has 4 N–H and O–H groups in total. The summed E-state index contributed by atoms with van der Waals surface area (Å²) in [4.78, 5) is 13.9. The van der Waals surface area contributed by atoms with Gasteiger partial charge >= 0.3 is 0 Å². The first-order valence-corrected chi connectivity index (χ1v) is 8.95. The zero-order valence-corrected chi connectivity index (χ0v) is 14.6. The van der Waals surface area contributed by atoms with Crippen LogP contribution in [0.25, 0.3) is 20.7 Å². The molecule has 3 heterocycles. The summed E-state index contributed by atoms with van der Waals surface area (Å²) < 4.78 is 0.939. The van der Waals surface area contributed by atoms with E-state index >= 15 is 0 Å². The molecule has 0 aliphatic carbocycles. The van der Waals surface area contributed by atoms with Crippen molar-refractivity contribution in [2.24, 2.45) is 0 Å². The number of rotatable bonds is 5. The summed E-state index contributed by atoms with van der Waals surface area (Å²) in [6.45, 7) is -0.0321. The van der Waals surface area contributed by atoms with E-state index < -0.39 is 0 Å². The minimum absolute atomic E-state index is 0.0321. The van der Waals surface area contributed by atoms with Gasteiger partial charge in [0.15, 0.2) is 0 Å². The van der Waals surface area contributed by atoms with Crippen LogP contribution in [0.1, 0.15) is 11.6 Å². The normalized spacial score (nSPS) is 12.2. The third-order valence-corrected chi connectivity index (χ3v) is 5.26. The van der Waals surface area contributed by atoms with Crippen molar-refractivity contribution >= 4 is 33.2 Å². The fourth-order valence-electron chi connectivity index (χ4n) is 2.74. The predicted molar refractivity (Wildman–Crippen MR) is 105 cm³/mol. The van der Waals surface area contributed by atoms with E-state index in [1.54, 1.807) is 23.6 Å². The summed E-state index contributed by atoms with van der Waals surface area (Å²) in [5.41, 5.74) is 8.50. The maximum Gasteiger partial charge on any atom is 0.148 e. The molecule has 26 heavy (non-hydrogen) atoms. The lowest BCUT2D eigenvalue weighted by Gasteiger charge is -2.17. The quantitative estimate of drug-likeness (QED) is 0.502. The summed E-state index contributed by atoms with van der Waals surface area (Å²) in [5.74, 6) is 1.20. The van der Waals surface area contributed by atoms with Gasteiger partial charge in [0, 0.05) is 16.6 Å². The SMILES string of the molecule is Nc1ccc(-c2cc3ncnc(N[C@H](CO)c4ccccc4)c3s2)cn1. The Morgan fingerprint density at radius 2 is 1.92 bits per heavy atom. The van der Waals surface area contributed by atoms with E-state index in [0.29, 0.717) is 11.6 Å². The fourth-order valence-corrected chi connectivity index (χ4v) is 3.79. The van der Waals surface area contributed by atoms with Gasteiger partial charge in [-0.05, 0) is 23.8 Å². The fraction of sp³-hybridized carbons (Fsp3) is 0.105. The average molecular weight is 363 g/mol. The molecule has 0 amide bonds. The van der Waals surface area contributed by atoms with Crippen LogP contribution in [-0.2, 0) is 0 Å². The minimum atomic E-state index is -0.238. The van der Waals surface area contributed by atoms with Crippen LogP contribution in [0, 0.1) is 0 Å². The van der Waals surface area contributed by atoms with Gasteiger partial charge in [0.05, 0.1) is 22.9 Å². The van der Waals surface area contributed by atoms with Gasteiger partial charge in [0.25, 0.3) is 0 Å². The molecule has 130 valence electrons. The monoisotopic (exact) mass is 363 g/mol. The molecular formula is C19H17N5OS. The molecule has 0 aliphatic heterocycles. The number of nitrogens with zero attached hydrogens (tertiary/aromatic N) is 3. The largest absolute Gasteiger partial charge is 0.394 e. The van der Waals surface area contributed by atoms with Crippen molar-refractivity contribution in [1.82, 2.24) is 15.0 Å². The van der Waals surface area contributed by atoms with Crippen LogP contribution in [0.4, 0.5) is 11.6 Å². The molecule has 0 spiro atoms. The molecule has 3 aromatic heterocycles. The molecule has 7 heteroatoms. The molecule has 0 bridgehead atoms. The van der Waals surface area contributed by atoms with Gasteiger partial charge in [-0.1, -0.05) is 30.3 Å². The Bertz CT molecular complexity index is 1020. The first-order chi connectivity index (χ1) is 12.7. The number of nitrogens with one attached hydrogen (secondary N) is 1. The van der Waals surface area contributed by atoms with Gasteiger partial charge in [-0.3, -0.25) is 0 Å². The summed E-state index contributed by atoms with van der Waals surface area (Å²) >= 11 is 1.58. The molecule has 1 aromatic carbocycles. The van der Waals surface area contributed by atoms with E-state index in [1.165, 1.54) is 6.33 Å². The first kappa shape index (κ1) is 16.4. The van der Waals surface area contributed by atoms with Crippen LogP contribution in [0.2, 0.25) is 0 Å². The number of nitrogens with two attached hydrogens (primary N) is 1. The van der Waals surface area contributed by atoms with Crippen LogP contribution in [0.5, 0.6) is 0 Å². The molecular weight excluding hydrogens is 346 g/mol. The Hall–Kier alpha value is -3.03. The number of fused-ring (bicyclic) bond motifs is 1. The first-order valence-electron chi connectivity index (χ1n) is 8.13. The second-order valence-corrected chi connectivity index (χ2v) is 6.86. The van der Waals surface area contributed by atoms with Gasteiger partial charge in [0.2, 0.25) is 0 Å². The van der Waals surface area contributed by atoms with E-state index in [-0.39, 0.29) is 12.6 Å². The maximum atomic E-state index is 9.80. The molecule has 0 unspecified atom stereocenters. The van der Waals surface area contributed by atoms with Gasteiger partial charge in [0.1, 0.15) is 18.0 Å². The van der Waals surface area contributed by atoms with Crippen molar-refractivity contribution in [2.45, 2.75) is 6.04 Å². The van der Waals surface area contributed by atoms with E-state index in [4.69, 9.17) is 5.73 Å². The number of pyridine rings is 1. The topological polar surface area (TPSA) is 97.0 Å². The second kappa shape index (κ2) is 7.07. The van der Waals surface area contributed by atoms with Gasteiger partial charge in [-0.15, -0.1) is 11.3 Å². The van der Waals surface area contributed by atoms with Crippen molar-refractivity contribution in [2.75, 3.05) is 17.7 Å². The summed E-state index contributed by atoms with van der Waals surface area (Å²) in [6, 6.07) is 15.3. The third kappa shape index (κ3) is 3.22. The minimum Gasteiger partial charge on any atom is -0.394 e. The van der Waals surface area contributed by atoms with Crippen molar-refractivity contribution in [3.05, 3.63) is 66.6 Å². The number of anilines is 2. The Morgan fingerprint density at radius 3 is 2.65 bits per heavy atom. The molecule has 4 aromatic rings. The highest BCUT2D eigenvalue weighted by Crippen LogP contribution is 2.36. The van der Waals surface area contributed by atoms with E-state index in [9.17, 15) is 5.11 Å². The maximum absolute atomic E-state index is 9.80. The highest BCUT2D eigenvalue weighted by Gasteiger charge is 2.15. The lowest BCUT2D eigenvalue weighted by molar-refractivity contribution is 0.276.